The molecule has 0 amide bonds. The Balaban J connectivity index is 1.70. The van der Waals surface area contributed by atoms with E-state index in [1.165, 1.54) is 0 Å². The first kappa shape index (κ1) is 17.1. The Morgan fingerprint density at radius 1 is 1.19 bits per heavy atom. The molecule has 3 heterocycles. The summed E-state index contributed by atoms with van der Waals surface area (Å²) < 4.78 is 6.19. The van der Waals surface area contributed by atoms with Crippen LogP contribution in [0.1, 0.15) is 29.1 Å². The molecule has 4 rings (SSSR count). The summed E-state index contributed by atoms with van der Waals surface area (Å²) in [6.07, 6.45) is 1.79. The van der Waals surface area contributed by atoms with Gasteiger partial charge in [-0.3, -0.25) is 4.98 Å². The van der Waals surface area contributed by atoms with Crippen LogP contribution in [-0.2, 0) is 0 Å². The first-order valence-corrected chi connectivity index (χ1v) is 9.14. The summed E-state index contributed by atoms with van der Waals surface area (Å²) in [7, 11) is 1.97. The molecule has 1 aromatic carbocycles. The van der Waals surface area contributed by atoms with Crippen molar-refractivity contribution >= 4 is 28.9 Å². The molecule has 2 aromatic heterocycles. The van der Waals surface area contributed by atoms with E-state index in [9.17, 15) is 0 Å². The minimum Gasteiger partial charge on any atom is -0.459 e. The highest BCUT2D eigenvalue weighted by Crippen LogP contribution is 2.39. The van der Waals surface area contributed by atoms with Crippen molar-refractivity contribution in [1.82, 2.24) is 15.2 Å². The molecule has 1 fully saturated rings. The van der Waals surface area contributed by atoms with E-state index >= 15 is 0 Å². The molecule has 1 aliphatic heterocycles. The molecule has 2 unspecified atom stereocenters. The Hall–Kier alpha value is -2.37. The number of rotatable bonds is 3. The Kier molecular flexibility index (Phi) is 4.42. The van der Waals surface area contributed by atoms with Gasteiger partial charge in [-0.05, 0) is 55.0 Å². The van der Waals surface area contributed by atoms with Crippen LogP contribution in [0.3, 0.4) is 0 Å². The number of hydrogen-bond donors (Lipinski definition) is 1. The van der Waals surface area contributed by atoms with Crippen LogP contribution in [-0.4, -0.2) is 22.0 Å². The van der Waals surface area contributed by atoms with Crippen LogP contribution in [0, 0.1) is 6.92 Å². The fraction of sp³-hybridized carbons (Fsp3) is 0.200. The topological polar surface area (TPSA) is 41.3 Å². The molecule has 4 nitrogen and oxygen atoms in total. The first-order valence-electron chi connectivity index (χ1n) is 8.35. The first-order chi connectivity index (χ1) is 12.5. The van der Waals surface area contributed by atoms with Gasteiger partial charge in [0.25, 0.3) is 0 Å². The van der Waals surface area contributed by atoms with Crippen molar-refractivity contribution in [3.63, 3.8) is 0 Å². The second-order valence-electron chi connectivity index (χ2n) is 6.40. The van der Waals surface area contributed by atoms with E-state index in [1.807, 2.05) is 67.4 Å². The number of likely N-dealkylation sites (N-methyl/N-ethyl adjacent to an activating group) is 1. The molecule has 0 saturated carbocycles. The number of nitrogens with one attached hydrogen (secondary N) is 1. The van der Waals surface area contributed by atoms with Crippen LogP contribution in [0.25, 0.3) is 11.3 Å². The monoisotopic (exact) mass is 383 g/mol. The highest BCUT2D eigenvalue weighted by Gasteiger charge is 2.39. The second kappa shape index (κ2) is 6.74. The molecule has 0 bridgehead atoms. The average molecular weight is 384 g/mol. The highest BCUT2D eigenvalue weighted by atomic mass is 35.5. The molecule has 6 heteroatoms. The van der Waals surface area contributed by atoms with Crippen molar-refractivity contribution in [3.8, 4) is 11.3 Å². The molecule has 0 aliphatic carbocycles. The molecule has 0 radical (unpaired) electrons. The van der Waals surface area contributed by atoms with Gasteiger partial charge in [0.2, 0.25) is 0 Å². The lowest BCUT2D eigenvalue weighted by atomic mass is 10.0. The number of halogens is 1. The van der Waals surface area contributed by atoms with Crippen molar-refractivity contribution in [1.29, 1.82) is 0 Å². The molecule has 1 N–H and O–H groups in total. The van der Waals surface area contributed by atoms with Crippen LogP contribution in [0.2, 0.25) is 5.02 Å². The zero-order chi connectivity index (χ0) is 18.3. The van der Waals surface area contributed by atoms with Gasteiger partial charge in [-0.1, -0.05) is 29.8 Å². The second-order valence-corrected chi connectivity index (χ2v) is 7.20. The third-order valence-corrected chi connectivity index (χ3v) is 5.53. The van der Waals surface area contributed by atoms with Crippen molar-refractivity contribution in [3.05, 3.63) is 76.8 Å². The lowest BCUT2D eigenvalue weighted by Gasteiger charge is -2.21. The summed E-state index contributed by atoms with van der Waals surface area (Å²) in [5.74, 6) is 1.62. The van der Waals surface area contributed by atoms with Gasteiger partial charge in [-0.15, -0.1) is 0 Å². The van der Waals surface area contributed by atoms with Gasteiger partial charge < -0.3 is 14.6 Å². The summed E-state index contributed by atoms with van der Waals surface area (Å²) >= 11 is 11.7. The van der Waals surface area contributed by atoms with E-state index < -0.39 is 0 Å². The van der Waals surface area contributed by atoms with Gasteiger partial charge in [-0.2, -0.15) is 0 Å². The average Bonchev–Trinajstić information content (AvgIpc) is 3.24. The van der Waals surface area contributed by atoms with Crippen LogP contribution in [0.15, 0.2) is 59.1 Å². The SMILES string of the molecule is Cc1ccc(-c2ccc(C3C(c4ccccn4)NC(=S)N3C)o2)cc1Cl. The van der Waals surface area contributed by atoms with Crippen LogP contribution >= 0.6 is 23.8 Å². The normalized spacial score (nSPS) is 19.7. The molecule has 2 atom stereocenters. The third kappa shape index (κ3) is 2.97. The Bertz CT molecular complexity index is 957. The molecule has 3 aromatic rings. The van der Waals surface area contributed by atoms with Crippen molar-refractivity contribution in [2.24, 2.45) is 0 Å². The number of pyridine rings is 1. The van der Waals surface area contributed by atoms with Gasteiger partial charge >= 0.3 is 0 Å². The number of furan rings is 1. The number of hydrogen-bond acceptors (Lipinski definition) is 3. The molecular formula is C20H18ClN3OS. The van der Waals surface area contributed by atoms with E-state index in [2.05, 4.69) is 10.3 Å². The van der Waals surface area contributed by atoms with E-state index in [-0.39, 0.29) is 12.1 Å². The predicted octanol–water partition coefficient (Wildman–Crippen LogP) is 4.91. The maximum absolute atomic E-state index is 6.26. The predicted molar refractivity (Wildman–Crippen MR) is 107 cm³/mol. The smallest absolute Gasteiger partial charge is 0.170 e. The van der Waals surface area contributed by atoms with E-state index in [0.29, 0.717) is 5.11 Å². The van der Waals surface area contributed by atoms with Crippen molar-refractivity contribution in [2.45, 2.75) is 19.0 Å². The number of thiocarbonyl (C=S) groups is 1. The highest BCUT2D eigenvalue weighted by molar-refractivity contribution is 7.80. The number of nitrogens with zero attached hydrogens (tertiary/aromatic N) is 2. The van der Waals surface area contributed by atoms with Gasteiger partial charge in [0.1, 0.15) is 17.6 Å². The quantitative estimate of drug-likeness (QED) is 0.651. The van der Waals surface area contributed by atoms with Gasteiger partial charge in [0.05, 0.1) is 11.7 Å². The summed E-state index contributed by atoms with van der Waals surface area (Å²) in [5, 5.41) is 4.76. The van der Waals surface area contributed by atoms with E-state index in [0.717, 1.165) is 33.4 Å². The van der Waals surface area contributed by atoms with Crippen LogP contribution in [0.5, 0.6) is 0 Å². The minimum absolute atomic E-state index is 0.0608. The number of benzene rings is 1. The summed E-state index contributed by atoms with van der Waals surface area (Å²) in [6.45, 7) is 1.98. The van der Waals surface area contributed by atoms with E-state index in [1.54, 1.807) is 6.20 Å². The lowest BCUT2D eigenvalue weighted by molar-refractivity contribution is 0.310. The standard InChI is InChI=1S/C20H18ClN3OS/c1-12-6-7-13(11-14(12)21)16-8-9-17(25-16)19-18(23-20(26)24(19)2)15-5-3-4-10-22-15/h3-11,18-19H,1-2H3,(H,23,26). The van der Waals surface area contributed by atoms with E-state index in [4.69, 9.17) is 28.2 Å². The molecule has 1 saturated heterocycles. The summed E-state index contributed by atoms with van der Waals surface area (Å²) in [4.78, 5) is 6.50. The van der Waals surface area contributed by atoms with Crippen molar-refractivity contribution < 1.29 is 4.42 Å². The fourth-order valence-electron chi connectivity index (χ4n) is 3.23. The van der Waals surface area contributed by atoms with Gasteiger partial charge in [0, 0.05) is 23.8 Å². The zero-order valence-corrected chi connectivity index (χ0v) is 16.0. The number of aryl methyl sites for hydroxylation is 1. The maximum Gasteiger partial charge on any atom is 0.170 e. The summed E-state index contributed by atoms with van der Waals surface area (Å²) in [5.41, 5.74) is 2.93. The van der Waals surface area contributed by atoms with Crippen LogP contribution < -0.4 is 5.32 Å². The summed E-state index contributed by atoms with van der Waals surface area (Å²) in [6, 6.07) is 15.7. The molecule has 132 valence electrons. The van der Waals surface area contributed by atoms with Gasteiger partial charge in [0.15, 0.2) is 5.11 Å². The Morgan fingerprint density at radius 3 is 2.77 bits per heavy atom. The lowest BCUT2D eigenvalue weighted by Crippen LogP contribution is -2.24. The molecular weight excluding hydrogens is 366 g/mol. The zero-order valence-electron chi connectivity index (χ0n) is 14.4. The molecule has 0 spiro atoms. The van der Waals surface area contributed by atoms with Crippen LogP contribution in [0.4, 0.5) is 0 Å². The third-order valence-electron chi connectivity index (χ3n) is 4.71. The molecule has 1 aliphatic rings. The molecule has 26 heavy (non-hydrogen) atoms. The minimum atomic E-state index is -0.0629. The maximum atomic E-state index is 6.26. The van der Waals surface area contributed by atoms with Gasteiger partial charge in [-0.25, -0.2) is 0 Å². The Morgan fingerprint density at radius 2 is 2.04 bits per heavy atom. The largest absolute Gasteiger partial charge is 0.459 e. The fourth-order valence-corrected chi connectivity index (χ4v) is 3.65. The number of aromatic nitrogens is 1. The Labute approximate surface area is 162 Å². The van der Waals surface area contributed by atoms with Crippen molar-refractivity contribution in [2.75, 3.05) is 7.05 Å².